The summed E-state index contributed by atoms with van der Waals surface area (Å²) in [4.78, 5) is 28.7. The molecular formula is C31H37FN2O3. The lowest BCUT2D eigenvalue weighted by Crippen LogP contribution is -2.52. The Morgan fingerprint density at radius 3 is 2.27 bits per heavy atom. The first-order valence-corrected chi connectivity index (χ1v) is 12.7. The van der Waals surface area contributed by atoms with Gasteiger partial charge in [-0.3, -0.25) is 9.59 Å². The maximum Gasteiger partial charge on any atom is 0.261 e. The van der Waals surface area contributed by atoms with E-state index in [2.05, 4.69) is 11.4 Å². The summed E-state index contributed by atoms with van der Waals surface area (Å²) in [6.45, 7) is 10.4. The fourth-order valence-electron chi connectivity index (χ4n) is 4.14. The van der Waals surface area contributed by atoms with Crippen LogP contribution in [0.4, 0.5) is 4.39 Å². The van der Waals surface area contributed by atoms with Gasteiger partial charge in [0.05, 0.1) is 0 Å². The van der Waals surface area contributed by atoms with E-state index in [1.54, 1.807) is 17.0 Å². The van der Waals surface area contributed by atoms with E-state index in [-0.39, 0.29) is 36.7 Å². The number of aryl methyl sites for hydroxylation is 2. The highest BCUT2D eigenvalue weighted by atomic mass is 19.1. The minimum atomic E-state index is -0.761. The van der Waals surface area contributed by atoms with Gasteiger partial charge < -0.3 is 15.0 Å². The van der Waals surface area contributed by atoms with Gasteiger partial charge in [-0.1, -0.05) is 62.4 Å². The van der Waals surface area contributed by atoms with Crippen LogP contribution in [-0.4, -0.2) is 35.9 Å². The van der Waals surface area contributed by atoms with Crippen LogP contribution >= 0.6 is 0 Å². The number of nitrogens with zero attached hydrogens (tertiary/aromatic N) is 1. The van der Waals surface area contributed by atoms with E-state index in [1.165, 1.54) is 12.1 Å². The van der Waals surface area contributed by atoms with Gasteiger partial charge in [-0.25, -0.2) is 4.39 Å². The summed E-state index contributed by atoms with van der Waals surface area (Å²) in [7, 11) is 0. The Labute approximate surface area is 219 Å². The number of rotatable bonds is 11. The van der Waals surface area contributed by atoms with Crippen LogP contribution in [-0.2, 0) is 22.6 Å². The van der Waals surface area contributed by atoms with Crippen molar-refractivity contribution in [2.75, 3.05) is 13.2 Å². The molecule has 0 bridgehead atoms. The van der Waals surface area contributed by atoms with Gasteiger partial charge >= 0.3 is 0 Å². The van der Waals surface area contributed by atoms with Crippen molar-refractivity contribution < 1.29 is 18.7 Å². The van der Waals surface area contributed by atoms with Gasteiger partial charge in [-0.05, 0) is 72.7 Å². The standard InChI is InChI=1S/C31H37FN2O3/c1-21(2)18-33-31(36)28(17-25-9-7-6-8-10-25)34(19-26-11-13-27(32)14-12-26)30(35)20-37-29-16-22(3)15-23(4)24(29)5/h6-16,21,28H,17-20H2,1-5H3,(H,33,36)/t28-/m1/s1. The third-order valence-corrected chi connectivity index (χ3v) is 6.34. The zero-order valence-electron chi connectivity index (χ0n) is 22.4. The number of benzene rings is 3. The van der Waals surface area contributed by atoms with Crippen LogP contribution in [0.5, 0.6) is 5.75 Å². The predicted molar refractivity (Wildman–Crippen MR) is 145 cm³/mol. The fraction of sp³-hybridized carbons (Fsp3) is 0.355. The van der Waals surface area contributed by atoms with Gasteiger partial charge in [0.1, 0.15) is 17.6 Å². The number of halogens is 1. The van der Waals surface area contributed by atoms with Gasteiger partial charge in [-0.2, -0.15) is 0 Å². The molecule has 0 aliphatic carbocycles. The Kier molecular flexibility index (Phi) is 9.84. The number of carbonyl (C=O) groups excluding carboxylic acids is 2. The molecule has 6 heteroatoms. The molecule has 3 aromatic rings. The number of hydrogen-bond acceptors (Lipinski definition) is 3. The molecule has 0 aliphatic heterocycles. The lowest BCUT2D eigenvalue weighted by molar-refractivity contribution is -0.142. The molecule has 1 N–H and O–H groups in total. The van der Waals surface area contributed by atoms with E-state index in [4.69, 9.17) is 4.74 Å². The Bertz CT molecular complexity index is 1190. The quantitative estimate of drug-likeness (QED) is 0.373. The summed E-state index contributed by atoms with van der Waals surface area (Å²) in [5.41, 5.74) is 4.77. The van der Waals surface area contributed by atoms with E-state index in [1.807, 2.05) is 71.0 Å². The summed E-state index contributed by atoms with van der Waals surface area (Å²) in [6.07, 6.45) is 0.348. The minimum absolute atomic E-state index is 0.154. The average molecular weight is 505 g/mol. The second kappa shape index (κ2) is 13.0. The minimum Gasteiger partial charge on any atom is -0.483 e. The van der Waals surface area contributed by atoms with E-state index < -0.39 is 6.04 Å². The smallest absolute Gasteiger partial charge is 0.261 e. The molecule has 0 aromatic heterocycles. The SMILES string of the molecule is Cc1cc(C)c(C)c(OCC(=O)N(Cc2ccc(F)cc2)[C@H](Cc2ccccc2)C(=O)NCC(C)C)c1. The molecule has 0 unspecified atom stereocenters. The fourth-order valence-corrected chi connectivity index (χ4v) is 4.14. The first kappa shape index (κ1) is 27.9. The molecule has 196 valence electrons. The van der Waals surface area contributed by atoms with Crippen LogP contribution in [0.2, 0.25) is 0 Å². The van der Waals surface area contributed by atoms with Crippen LogP contribution in [0.15, 0.2) is 66.7 Å². The second-order valence-corrected chi connectivity index (χ2v) is 9.99. The predicted octanol–water partition coefficient (Wildman–Crippen LogP) is 5.54. The van der Waals surface area contributed by atoms with Crippen LogP contribution in [0.3, 0.4) is 0 Å². The largest absolute Gasteiger partial charge is 0.483 e. The van der Waals surface area contributed by atoms with Crippen LogP contribution in [0.1, 0.15) is 41.7 Å². The summed E-state index contributed by atoms with van der Waals surface area (Å²) in [6, 6.07) is 18.8. The van der Waals surface area contributed by atoms with E-state index >= 15 is 0 Å². The molecule has 0 aliphatic rings. The monoisotopic (exact) mass is 504 g/mol. The first-order chi connectivity index (χ1) is 17.6. The second-order valence-electron chi connectivity index (χ2n) is 9.99. The van der Waals surface area contributed by atoms with Gasteiger partial charge in [0, 0.05) is 19.5 Å². The Morgan fingerprint density at radius 2 is 1.62 bits per heavy atom. The van der Waals surface area contributed by atoms with E-state index in [9.17, 15) is 14.0 Å². The van der Waals surface area contributed by atoms with E-state index in [0.29, 0.717) is 18.7 Å². The van der Waals surface area contributed by atoms with Gasteiger partial charge in [-0.15, -0.1) is 0 Å². The lowest BCUT2D eigenvalue weighted by atomic mass is 10.0. The molecule has 5 nitrogen and oxygen atoms in total. The first-order valence-electron chi connectivity index (χ1n) is 12.7. The third-order valence-electron chi connectivity index (χ3n) is 6.34. The van der Waals surface area contributed by atoms with Crippen molar-refractivity contribution in [1.82, 2.24) is 10.2 Å². The van der Waals surface area contributed by atoms with Gasteiger partial charge in [0.2, 0.25) is 5.91 Å². The van der Waals surface area contributed by atoms with Gasteiger partial charge in [0.25, 0.3) is 5.91 Å². The molecule has 0 radical (unpaired) electrons. The summed E-state index contributed by atoms with van der Waals surface area (Å²) >= 11 is 0. The number of amides is 2. The van der Waals surface area contributed by atoms with Crippen LogP contribution in [0.25, 0.3) is 0 Å². The summed E-state index contributed by atoms with van der Waals surface area (Å²) in [5.74, 6) is 0.0137. The van der Waals surface area contributed by atoms with Crippen molar-refractivity contribution in [3.8, 4) is 5.75 Å². The molecule has 0 fully saturated rings. The molecule has 0 spiro atoms. The maximum absolute atomic E-state index is 13.7. The Hall–Kier alpha value is -3.67. The zero-order chi connectivity index (χ0) is 26.9. The molecule has 0 saturated carbocycles. The van der Waals surface area contributed by atoms with Crippen molar-refractivity contribution in [2.24, 2.45) is 5.92 Å². The highest BCUT2D eigenvalue weighted by Crippen LogP contribution is 2.24. The molecule has 2 amide bonds. The molecule has 3 aromatic carbocycles. The van der Waals surface area contributed by atoms with Crippen molar-refractivity contribution >= 4 is 11.8 Å². The number of ether oxygens (including phenoxy) is 1. The number of carbonyl (C=O) groups is 2. The molecule has 0 heterocycles. The highest BCUT2D eigenvalue weighted by Gasteiger charge is 2.31. The Balaban J connectivity index is 1.92. The van der Waals surface area contributed by atoms with Crippen LogP contribution < -0.4 is 10.1 Å². The summed E-state index contributed by atoms with van der Waals surface area (Å²) < 4.78 is 19.6. The zero-order valence-corrected chi connectivity index (χ0v) is 22.4. The van der Waals surface area contributed by atoms with Gasteiger partial charge in [0.15, 0.2) is 6.61 Å². The van der Waals surface area contributed by atoms with Crippen molar-refractivity contribution in [2.45, 2.75) is 53.6 Å². The van der Waals surface area contributed by atoms with Crippen molar-refractivity contribution in [3.63, 3.8) is 0 Å². The van der Waals surface area contributed by atoms with Crippen molar-refractivity contribution in [1.29, 1.82) is 0 Å². The average Bonchev–Trinajstić information content (AvgIpc) is 2.87. The number of nitrogens with one attached hydrogen (secondary N) is 1. The highest BCUT2D eigenvalue weighted by molar-refractivity contribution is 5.88. The topological polar surface area (TPSA) is 58.6 Å². The Morgan fingerprint density at radius 1 is 0.946 bits per heavy atom. The number of hydrogen-bond donors (Lipinski definition) is 1. The maximum atomic E-state index is 13.7. The summed E-state index contributed by atoms with van der Waals surface area (Å²) in [5, 5.41) is 3.00. The molecule has 1 atom stereocenters. The van der Waals surface area contributed by atoms with Crippen molar-refractivity contribution in [3.05, 3.63) is 100 Å². The molecular weight excluding hydrogens is 467 g/mol. The molecule has 0 saturated heterocycles. The third kappa shape index (κ3) is 8.17. The van der Waals surface area contributed by atoms with Crippen LogP contribution in [0, 0.1) is 32.5 Å². The normalized spacial score (nSPS) is 11.8. The molecule has 3 rings (SSSR count). The van der Waals surface area contributed by atoms with E-state index in [0.717, 1.165) is 27.8 Å². The molecule has 37 heavy (non-hydrogen) atoms. The lowest BCUT2D eigenvalue weighted by Gasteiger charge is -2.32.